The summed E-state index contributed by atoms with van der Waals surface area (Å²) in [4.78, 5) is 41.5. The van der Waals surface area contributed by atoms with Crippen LogP contribution in [0.2, 0.25) is 0 Å². The molecule has 1 spiro atoms. The van der Waals surface area contributed by atoms with Crippen molar-refractivity contribution in [1.82, 2.24) is 15.1 Å². The molecular formula is C22H30N4O3. The van der Waals surface area contributed by atoms with Gasteiger partial charge in [0.15, 0.2) is 0 Å². The molecule has 1 aliphatic carbocycles. The molecular weight excluding hydrogens is 368 g/mol. The number of urea groups is 1. The average molecular weight is 399 g/mol. The van der Waals surface area contributed by atoms with Crippen LogP contribution in [0, 0.1) is 11.3 Å². The largest absolute Gasteiger partial charge is 0.368 e. The van der Waals surface area contributed by atoms with Crippen LogP contribution in [-0.4, -0.2) is 45.9 Å². The lowest BCUT2D eigenvalue weighted by atomic mass is 9.64. The van der Waals surface area contributed by atoms with Gasteiger partial charge >= 0.3 is 6.03 Å². The van der Waals surface area contributed by atoms with Gasteiger partial charge in [0.2, 0.25) is 5.91 Å². The van der Waals surface area contributed by atoms with Gasteiger partial charge in [-0.25, -0.2) is 9.69 Å². The standard InChI is InChI=1S/C22H30N4O3/c1-14-9-21(2,3)12-22(10-14)19(28)26(20(29)24-22)13-25-11-16-7-5-4-6-15(16)8-17(25)18(23)27/h4-7,14,17H,8-13H2,1-3H3,(H2,23,27)(H,24,29)/t14-,17-,22-/m1/s1. The van der Waals surface area contributed by atoms with E-state index in [0.717, 1.165) is 17.5 Å². The summed E-state index contributed by atoms with van der Waals surface area (Å²) in [6, 6.07) is 7.00. The third-order valence-corrected chi connectivity index (χ3v) is 6.62. The highest BCUT2D eigenvalue weighted by atomic mass is 16.2. The third kappa shape index (κ3) is 3.52. The lowest BCUT2D eigenvalue weighted by Crippen LogP contribution is -2.56. The fraction of sp³-hybridized carbons (Fsp3) is 0.591. The topological polar surface area (TPSA) is 95.7 Å². The lowest BCUT2D eigenvalue weighted by molar-refractivity contribution is -0.138. The number of primary amides is 1. The Kier molecular flexibility index (Phi) is 4.69. The molecule has 1 saturated heterocycles. The Balaban J connectivity index is 1.58. The molecule has 2 aliphatic heterocycles. The van der Waals surface area contributed by atoms with E-state index in [1.165, 1.54) is 4.90 Å². The van der Waals surface area contributed by atoms with E-state index in [1.54, 1.807) is 0 Å². The molecule has 0 aromatic heterocycles. The molecule has 156 valence electrons. The minimum atomic E-state index is -0.839. The maximum absolute atomic E-state index is 13.4. The molecule has 3 aliphatic rings. The fourth-order valence-corrected chi connectivity index (χ4v) is 5.82. The summed E-state index contributed by atoms with van der Waals surface area (Å²) in [5, 5.41) is 3.00. The smallest absolute Gasteiger partial charge is 0.326 e. The summed E-state index contributed by atoms with van der Waals surface area (Å²) in [5.41, 5.74) is 6.99. The van der Waals surface area contributed by atoms with E-state index in [4.69, 9.17) is 5.73 Å². The number of nitrogens with one attached hydrogen (secondary N) is 1. The van der Waals surface area contributed by atoms with Crippen molar-refractivity contribution in [3.63, 3.8) is 0 Å². The number of fused-ring (bicyclic) bond motifs is 1. The Hall–Kier alpha value is -2.41. The SMILES string of the molecule is C[C@@H]1CC(C)(C)C[C@@]2(C1)NC(=O)N(CN1Cc3ccccc3C[C@@H]1C(N)=O)C2=O. The minimum absolute atomic E-state index is 0.0174. The van der Waals surface area contributed by atoms with Crippen molar-refractivity contribution in [2.75, 3.05) is 6.67 Å². The van der Waals surface area contributed by atoms with Crippen molar-refractivity contribution in [2.24, 2.45) is 17.1 Å². The fourth-order valence-electron chi connectivity index (χ4n) is 5.82. The number of imide groups is 1. The second-order valence-corrected chi connectivity index (χ2v) is 9.88. The number of benzene rings is 1. The molecule has 0 unspecified atom stereocenters. The molecule has 29 heavy (non-hydrogen) atoms. The summed E-state index contributed by atoms with van der Waals surface area (Å²) >= 11 is 0. The molecule has 7 nitrogen and oxygen atoms in total. The third-order valence-electron chi connectivity index (χ3n) is 6.62. The molecule has 3 atom stereocenters. The molecule has 3 N–H and O–H groups in total. The van der Waals surface area contributed by atoms with E-state index in [2.05, 4.69) is 26.1 Å². The number of hydrogen-bond acceptors (Lipinski definition) is 4. The first-order chi connectivity index (χ1) is 13.6. The van der Waals surface area contributed by atoms with Gasteiger partial charge in [-0.3, -0.25) is 14.5 Å². The Morgan fingerprint density at radius 1 is 1.21 bits per heavy atom. The molecule has 0 radical (unpaired) electrons. The molecule has 1 aromatic carbocycles. The molecule has 1 saturated carbocycles. The summed E-state index contributed by atoms with van der Waals surface area (Å²) in [5.74, 6) is -0.263. The van der Waals surface area contributed by atoms with Gasteiger partial charge in [-0.15, -0.1) is 0 Å². The normalized spacial score (nSPS) is 31.6. The molecule has 4 rings (SSSR count). The van der Waals surface area contributed by atoms with Gasteiger partial charge < -0.3 is 11.1 Å². The van der Waals surface area contributed by atoms with E-state index in [0.29, 0.717) is 31.7 Å². The Bertz CT molecular complexity index is 867. The van der Waals surface area contributed by atoms with Crippen LogP contribution in [0.3, 0.4) is 0 Å². The monoisotopic (exact) mass is 398 g/mol. The van der Waals surface area contributed by atoms with Gasteiger partial charge in [0.05, 0.1) is 12.7 Å². The van der Waals surface area contributed by atoms with Gasteiger partial charge in [0.25, 0.3) is 5.91 Å². The number of rotatable bonds is 3. The van der Waals surface area contributed by atoms with E-state index >= 15 is 0 Å². The Labute approximate surface area is 171 Å². The Morgan fingerprint density at radius 3 is 2.55 bits per heavy atom. The maximum atomic E-state index is 13.4. The van der Waals surface area contributed by atoms with E-state index in [1.807, 2.05) is 29.2 Å². The molecule has 2 heterocycles. The maximum Gasteiger partial charge on any atom is 0.326 e. The predicted octanol–water partition coefficient (Wildman–Crippen LogP) is 1.99. The zero-order chi connectivity index (χ0) is 21.0. The van der Waals surface area contributed by atoms with Crippen LogP contribution in [0.5, 0.6) is 0 Å². The van der Waals surface area contributed by atoms with Crippen LogP contribution in [-0.2, 0) is 22.6 Å². The van der Waals surface area contributed by atoms with E-state index in [9.17, 15) is 14.4 Å². The Morgan fingerprint density at radius 2 is 1.90 bits per heavy atom. The lowest BCUT2D eigenvalue weighted by Gasteiger charge is -2.44. The minimum Gasteiger partial charge on any atom is -0.368 e. The highest BCUT2D eigenvalue weighted by Gasteiger charge is 2.56. The first-order valence-corrected chi connectivity index (χ1v) is 10.3. The van der Waals surface area contributed by atoms with Crippen LogP contribution in [0.4, 0.5) is 4.79 Å². The predicted molar refractivity (Wildman–Crippen MR) is 108 cm³/mol. The van der Waals surface area contributed by atoms with Gasteiger partial charge in [0.1, 0.15) is 5.54 Å². The first kappa shape index (κ1) is 19.9. The molecule has 7 heteroatoms. The second kappa shape index (κ2) is 6.83. The first-order valence-electron chi connectivity index (χ1n) is 10.3. The summed E-state index contributed by atoms with van der Waals surface area (Å²) in [6.07, 6.45) is 2.81. The van der Waals surface area contributed by atoms with Gasteiger partial charge in [-0.1, -0.05) is 45.0 Å². The van der Waals surface area contributed by atoms with Crippen LogP contribution < -0.4 is 11.1 Å². The van der Waals surface area contributed by atoms with Crippen LogP contribution in [0.1, 0.15) is 51.2 Å². The number of nitrogens with two attached hydrogens (primary N) is 1. The van der Waals surface area contributed by atoms with Crippen molar-refractivity contribution in [3.8, 4) is 0 Å². The summed E-state index contributed by atoms with van der Waals surface area (Å²) < 4.78 is 0. The van der Waals surface area contributed by atoms with Gasteiger partial charge in [-0.2, -0.15) is 0 Å². The highest BCUT2D eigenvalue weighted by molar-refractivity contribution is 6.07. The number of amides is 4. The van der Waals surface area contributed by atoms with Crippen LogP contribution in [0.25, 0.3) is 0 Å². The van der Waals surface area contributed by atoms with E-state index in [-0.39, 0.29) is 24.0 Å². The zero-order valence-corrected chi connectivity index (χ0v) is 17.4. The number of carbonyl (C=O) groups is 3. The number of hydrogen-bond donors (Lipinski definition) is 2. The quantitative estimate of drug-likeness (QED) is 0.761. The second-order valence-electron chi connectivity index (χ2n) is 9.88. The number of carbonyl (C=O) groups excluding carboxylic acids is 3. The highest BCUT2D eigenvalue weighted by Crippen LogP contribution is 2.46. The van der Waals surface area contributed by atoms with Crippen LogP contribution in [0.15, 0.2) is 24.3 Å². The van der Waals surface area contributed by atoms with Gasteiger partial charge in [-0.05, 0) is 48.1 Å². The summed E-state index contributed by atoms with van der Waals surface area (Å²) in [7, 11) is 0. The van der Waals surface area contributed by atoms with Crippen molar-refractivity contribution in [2.45, 2.75) is 64.6 Å². The summed E-state index contributed by atoms with van der Waals surface area (Å²) in [6.45, 7) is 6.99. The molecule has 1 aromatic rings. The molecule has 2 fully saturated rings. The number of nitrogens with zero attached hydrogens (tertiary/aromatic N) is 2. The van der Waals surface area contributed by atoms with E-state index < -0.39 is 17.5 Å². The zero-order valence-electron chi connectivity index (χ0n) is 17.4. The van der Waals surface area contributed by atoms with Crippen molar-refractivity contribution in [1.29, 1.82) is 0 Å². The average Bonchev–Trinajstić information content (AvgIpc) is 2.82. The van der Waals surface area contributed by atoms with Crippen molar-refractivity contribution >= 4 is 17.8 Å². The van der Waals surface area contributed by atoms with Gasteiger partial charge in [0, 0.05) is 6.54 Å². The van der Waals surface area contributed by atoms with Crippen molar-refractivity contribution in [3.05, 3.63) is 35.4 Å². The molecule has 0 bridgehead atoms. The van der Waals surface area contributed by atoms with Crippen LogP contribution >= 0.6 is 0 Å². The van der Waals surface area contributed by atoms with Crippen molar-refractivity contribution < 1.29 is 14.4 Å². The molecule has 4 amide bonds.